The van der Waals surface area contributed by atoms with E-state index in [0.29, 0.717) is 19.4 Å². The lowest BCUT2D eigenvalue weighted by atomic mass is 9.89. The first kappa shape index (κ1) is 16.9. The Hall–Kier alpha value is -0.140. The van der Waals surface area contributed by atoms with Crippen LogP contribution in [0.25, 0.3) is 0 Å². The Balaban J connectivity index is 2.62. The predicted molar refractivity (Wildman–Crippen MR) is 77.7 cm³/mol. The van der Waals surface area contributed by atoms with E-state index in [9.17, 15) is 16.8 Å². The van der Waals surface area contributed by atoms with Gasteiger partial charge in [0.05, 0.1) is 17.3 Å². The highest BCUT2D eigenvalue weighted by molar-refractivity contribution is 7.91. The number of hydrogen-bond acceptors (Lipinski definition) is 5. The topological polar surface area (TPSA) is 80.3 Å². The molecule has 1 aliphatic rings. The Morgan fingerprint density at radius 2 is 2.00 bits per heavy atom. The molecule has 0 spiro atoms. The Bertz CT molecular complexity index is 470. The summed E-state index contributed by atoms with van der Waals surface area (Å²) in [4.78, 5) is 0. The van der Waals surface area contributed by atoms with Crippen LogP contribution < -0.4 is 5.32 Å². The van der Waals surface area contributed by atoms with Crippen molar-refractivity contribution in [3.8, 4) is 0 Å². The van der Waals surface area contributed by atoms with E-state index in [1.807, 2.05) is 6.92 Å². The number of nitrogens with one attached hydrogen (secondary N) is 1. The van der Waals surface area contributed by atoms with Gasteiger partial charge in [-0.25, -0.2) is 16.8 Å². The zero-order chi connectivity index (χ0) is 14.5. The quantitative estimate of drug-likeness (QED) is 0.705. The van der Waals surface area contributed by atoms with Gasteiger partial charge in [-0.2, -0.15) is 0 Å². The maximum Gasteiger partial charge on any atom is 0.150 e. The van der Waals surface area contributed by atoms with Crippen LogP contribution in [-0.4, -0.2) is 52.9 Å². The summed E-state index contributed by atoms with van der Waals surface area (Å²) in [5, 5.41) is 3.22. The second kappa shape index (κ2) is 7.04. The standard InChI is InChI=1S/C12H25NO4S2/c1-3-13-9-11(5-7-18(14,15)4-2)12-6-8-19(16,17)10-12/h11-13H,3-10H2,1-2H3. The largest absolute Gasteiger partial charge is 0.317 e. The molecule has 1 heterocycles. The van der Waals surface area contributed by atoms with Gasteiger partial charge >= 0.3 is 0 Å². The second-order valence-electron chi connectivity index (χ2n) is 5.26. The van der Waals surface area contributed by atoms with E-state index < -0.39 is 19.7 Å². The minimum atomic E-state index is -2.98. The van der Waals surface area contributed by atoms with Crippen LogP contribution in [0.4, 0.5) is 0 Å². The van der Waals surface area contributed by atoms with Crippen molar-refractivity contribution in [1.82, 2.24) is 5.32 Å². The monoisotopic (exact) mass is 311 g/mol. The molecule has 0 aliphatic carbocycles. The van der Waals surface area contributed by atoms with Gasteiger partial charge in [0.1, 0.15) is 9.84 Å². The van der Waals surface area contributed by atoms with Crippen LogP contribution in [0.3, 0.4) is 0 Å². The molecular formula is C12H25NO4S2. The van der Waals surface area contributed by atoms with Crippen LogP contribution in [0.1, 0.15) is 26.7 Å². The Labute approximate surface area is 117 Å². The summed E-state index contributed by atoms with van der Waals surface area (Å²) >= 11 is 0. The fourth-order valence-corrected chi connectivity index (χ4v) is 5.38. The molecule has 1 saturated heterocycles. The van der Waals surface area contributed by atoms with Crippen molar-refractivity contribution >= 4 is 19.7 Å². The van der Waals surface area contributed by atoms with Crippen LogP contribution >= 0.6 is 0 Å². The molecule has 0 aromatic carbocycles. The summed E-state index contributed by atoms with van der Waals surface area (Å²) in [5.41, 5.74) is 0. The minimum absolute atomic E-state index is 0.108. The Morgan fingerprint density at radius 3 is 2.47 bits per heavy atom. The highest BCUT2D eigenvalue weighted by Gasteiger charge is 2.33. The summed E-state index contributed by atoms with van der Waals surface area (Å²) in [5.74, 6) is 1.03. The molecule has 1 fully saturated rings. The predicted octanol–water partition coefficient (Wildman–Crippen LogP) is 0.472. The molecule has 0 bridgehead atoms. The van der Waals surface area contributed by atoms with Gasteiger partial charge in [-0.1, -0.05) is 13.8 Å². The highest BCUT2D eigenvalue weighted by Crippen LogP contribution is 2.28. The van der Waals surface area contributed by atoms with Crippen LogP contribution in [0.5, 0.6) is 0 Å². The normalized spacial score (nSPS) is 24.4. The SMILES string of the molecule is CCNCC(CCS(=O)(=O)CC)C1CCS(=O)(=O)C1. The van der Waals surface area contributed by atoms with Gasteiger partial charge in [-0.15, -0.1) is 0 Å². The van der Waals surface area contributed by atoms with E-state index in [4.69, 9.17) is 0 Å². The molecule has 19 heavy (non-hydrogen) atoms. The van der Waals surface area contributed by atoms with Gasteiger partial charge in [0, 0.05) is 5.75 Å². The van der Waals surface area contributed by atoms with Gasteiger partial charge in [0.25, 0.3) is 0 Å². The summed E-state index contributed by atoms with van der Waals surface area (Å²) in [6, 6.07) is 0. The molecule has 2 atom stereocenters. The number of sulfone groups is 2. The molecule has 7 heteroatoms. The maximum absolute atomic E-state index is 11.6. The van der Waals surface area contributed by atoms with Crippen LogP contribution in [0, 0.1) is 11.8 Å². The fraction of sp³-hybridized carbons (Fsp3) is 1.00. The van der Waals surface area contributed by atoms with Gasteiger partial charge in [-0.05, 0) is 37.8 Å². The van der Waals surface area contributed by atoms with Crippen molar-refractivity contribution in [2.24, 2.45) is 11.8 Å². The second-order valence-corrected chi connectivity index (χ2v) is 9.96. The molecule has 0 aromatic heterocycles. The van der Waals surface area contributed by atoms with Crippen LogP contribution in [0.2, 0.25) is 0 Å². The molecule has 1 rings (SSSR count). The van der Waals surface area contributed by atoms with E-state index in [1.54, 1.807) is 6.92 Å². The van der Waals surface area contributed by atoms with Gasteiger partial charge < -0.3 is 5.32 Å². The van der Waals surface area contributed by atoms with Crippen molar-refractivity contribution < 1.29 is 16.8 Å². The summed E-state index contributed by atoms with van der Waals surface area (Å²) < 4.78 is 46.2. The lowest BCUT2D eigenvalue weighted by Gasteiger charge is -2.22. The zero-order valence-electron chi connectivity index (χ0n) is 11.8. The average molecular weight is 311 g/mol. The van der Waals surface area contributed by atoms with Crippen molar-refractivity contribution in [3.63, 3.8) is 0 Å². The van der Waals surface area contributed by atoms with Crippen LogP contribution in [-0.2, 0) is 19.7 Å². The zero-order valence-corrected chi connectivity index (χ0v) is 13.4. The summed E-state index contributed by atoms with van der Waals surface area (Å²) in [6.45, 7) is 5.16. The van der Waals surface area contributed by atoms with Gasteiger partial charge in [0.2, 0.25) is 0 Å². The molecule has 1 aliphatic heterocycles. The molecular weight excluding hydrogens is 286 g/mol. The molecule has 0 radical (unpaired) electrons. The Kier molecular flexibility index (Phi) is 6.26. The highest BCUT2D eigenvalue weighted by atomic mass is 32.2. The molecule has 0 amide bonds. The first-order valence-corrected chi connectivity index (χ1v) is 10.6. The molecule has 0 aromatic rings. The van der Waals surface area contributed by atoms with Crippen molar-refractivity contribution in [2.45, 2.75) is 26.7 Å². The molecule has 0 saturated carbocycles. The smallest absolute Gasteiger partial charge is 0.150 e. The fourth-order valence-electron chi connectivity index (χ4n) is 2.50. The van der Waals surface area contributed by atoms with Crippen molar-refractivity contribution in [2.75, 3.05) is 36.1 Å². The maximum atomic E-state index is 11.6. The third kappa shape index (κ3) is 5.79. The summed E-state index contributed by atoms with van der Waals surface area (Å²) in [7, 11) is -5.88. The minimum Gasteiger partial charge on any atom is -0.317 e. The van der Waals surface area contributed by atoms with Crippen LogP contribution in [0.15, 0.2) is 0 Å². The molecule has 5 nitrogen and oxygen atoms in total. The van der Waals surface area contributed by atoms with E-state index in [2.05, 4.69) is 5.32 Å². The first-order valence-electron chi connectivity index (χ1n) is 6.91. The van der Waals surface area contributed by atoms with E-state index in [0.717, 1.165) is 6.54 Å². The molecule has 2 unspecified atom stereocenters. The lowest BCUT2D eigenvalue weighted by Crippen LogP contribution is -2.30. The van der Waals surface area contributed by atoms with Crippen molar-refractivity contribution in [3.05, 3.63) is 0 Å². The third-order valence-corrected chi connectivity index (χ3v) is 7.36. The Morgan fingerprint density at radius 1 is 1.32 bits per heavy atom. The average Bonchev–Trinajstić information content (AvgIpc) is 2.70. The first-order chi connectivity index (χ1) is 8.79. The summed E-state index contributed by atoms with van der Waals surface area (Å²) in [6.07, 6.45) is 1.23. The molecule has 1 N–H and O–H groups in total. The van der Waals surface area contributed by atoms with E-state index in [1.165, 1.54) is 0 Å². The van der Waals surface area contributed by atoms with Gasteiger partial charge in [0.15, 0.2) is 9.84 Å². The van der Waals surface area contributed by atoms with Crippen molar-refractivity contribution in [1.29, 1.82) is 0 Å². The third-order valence-electron chi connectivity index (χ3n) is 3.83. The number of rotatable bonds is 8. The van der Waals surface area contributed by atoms with Gasteiger partial charge in [-0.3, -0.25) is 0 Å². The van der Waals surface area contributed by atoms with E-state index >= 15 is 0 Å². The van der Waals surface area contributed by atoms with E-state index in [-0.39, 0.29) is 34.8 Å². The lowest BCUT2D eigenvalue weighted by molar-refractivity contribution is 0.339. The number of hydrogen-bond donors (Lipinski definition) is 1. The molecule has 114 valence electrons.